The Morgan fingerprint density at radius 2 is 2.20 bits per heavy atom. The van der Waals surface area contributed by atoms with E-state index < -0.39 is 0 Å². The Morgan fingerprint density at radius 1 is 1.30 bits per heavy atom. The van der Waals surface area contributed by atoms with Crippen LogP contribution in [0.25, 0.3) is 6.08 Å². The molecule has 0 radical (unpaired) electrons. The van der Waals surface area contributed by atoms with Crippen LogP contribution in [0.3, 0.4) is 0 Å². The van der Waals surface area contributed by atoms with Gasteiger partial charge in [-0.15, -0.1) is 11.3 Å². The molecular formula is C15H13NO3S. The first-order valence-electron chi connectivity index (χ1n) is 6.19. The summed E-state index contributed by atoms with van der Waals surface area (Å²) in [6.07, 6.45) is 3.35. The van der Waals surface area contributed by atoms with Crippen molar-refractivity contribution in [3.63, 3.8) is 0 Å². The van der Waals surface area contributed by atoms with Gasteiger partial charge >= 0.3 is 0 Å². The maximum absolute atomic E-state index is 11.7. The van der Waals surface area contributed by atoms with Gasteiger partial charge in [0.15, 0.2) is 11.5 Å². The van der Waals surface area contributed by atoms with Crippen molar-refractivity contribution >= 4 is 23.3 Å². The van der Waals surface area contributed by atoms with Crippen LogP contribution in [0.5, 0.6) is 11.5 Å². The molecule has 0 saturated carbocycles. The first-order chi connectivity index (χ1) is 9.81. The Balaban J connectivity index is 1.55. The number of amides is 1. The molecule has 0 saturated heterocycles. The van der Waals surface area contributed by atoms with Crippen LogP contribution in [-0.4, -0.2) is 12.7 Å². The Hall–Kier alpha value is -2.27. The van der Waals surface area contributed by atoms with Crippen LogP contribution < -0.4 is 14.8 Å². The van der Waals surface area contributed by atoms with E-state index in [4.69, 9.17) is 9.47 Å². The normalized spacial score (nSPS) is 12.8. The fraction of sp³-hybridized carbons (Fsp3) is 0.133. The van der Waals surface area contributed by atoms with Gasteiger partial charge in [0.2, 0.25) is 12.7 Å². The van der Waals surface area contributed by atoms with Crippen LogP contribution in [0, 0.1) is 0 Å². The molecule has 2 aromatic rings. The zero-order valence-electron chi connectivity index (χ0n) is 10.7. The fourth-order valence-electron chi connectivity index (χ4n) is 1.84. The molecule has 1 aliphatic rings. The number of thiophene rings is 1. The van der Waals surface area contributed by atoms with Gasteiger partial charge in [-0.05, 0) is 35.2 Å². The van der Waals surface area contributed by atoms with E-state index in [1.165, 1.54) is 0 Å². The molecule has 0 bridgehead atoms. The van der Waals surface area contributed by atoms with E-state index in [0.717, 1.165) is 21.9 Å². The van der Waals surface area contributed by atoms with Crippen LogP contribution >= 0.6 is 11.3 Å². The minimum atomic E-state index is -0.115. The lowest BCUT2D eigenvalue weighted by Crippen LogP contribution is -2.20. The highest BCUT2D eigenvalue weighted by molar-refractivity contribution is 7.10. The van der Waals surface area contributed by atoms with Gasteiger partial charge in [-0.2, -0.15) is 0 Å². The summed E-state index contributed by atoms with van der Waals surface area (Å²) in [5, 5.41) is 4.81. The van der Waals surface area contributed by atoms with Crippen molar-refractivity contribution in [1.29, 1.82) is 0 Å². The lowest BCUT2D eigenvalue weighted by Gasteiger charge is -2.03. The second kappa shape index (κ2) is 5.79. The summed E-state index contributed by atoms with van der Waals surface area (Å²) in [6, 6.07) is 9.56. The molecule has 0 atom stereocenters. The summed E-state index contributed by atoms with van der Waals surface area (Å²) < 4.78 is 10.5. The molecule has 3 rings (SSSR count). The van der Waals surface area contributed by atoms with Gasteiger partial charge in [-0.3, -0.25) is 4.79 Å². The number of carbonyl (C=O) groups is 1. The standard InChI is InChI=1S/C15H13NO3S/c17-15(6-4-12-2-1-7-20-12)16-9-11-3-5-13-14(8-11)19-10-18-13/h1-8H,9-10H2,(H,16,17)/b6-4-. The Morgan fingerprint density at radius 3 is 3.05 bits per heavy atom. The van der Waals surface area contributed by atoms with E-state index in [9.17, 15) is 4.79 Å². The molecule has 102 valence electrons. The number of nitrogens with one attached hydrogen (secondary N) is 1. The summed E-state index contributed by atoms with van der Waals surface area (Å²) >= 11 is 1.60. The van der Waals surface area contributed by atoms with Gasteiger partial charge in [-0.25, -0.2) is 0 Å². The summed E-state index contributed by atoms with van der Waals surface area (Å²) in [7, 11) is 0. The van der Waals surface area contributed by atoms with E-state index in [1.807, 2.05) is 35.7 Å². The number of ether oxygens (including phenoxy) is 2. The number of hydrogen-bond donors (Lipinski definition) is 1. The molecule has 0 spiro atoms. The van der Waals surface area contributed by atoms with Crippen molar-refractivity contribution in [1.82, 2.24) is 5.32 Å². The predicted octanol–water partition coefficient (Wildman–Crippen LogP) is 2.81. The summed E-state index contributed by atoms with van der Waals surface area (Å²) in [5.74, 6) is 1.36. The molecule has 1 aromatic carbocycles. The van der Waals surface area contributed by atoms with Crippen molar-refractivity contribution in [3.05, 3.63) is 52.2 Å². The SMILES string of the molecule is O=C(/C=C\c1cccs1)NCc1ccc2c(c1)OCO2. The van der Waals surface area contributed by atoms with Crippen molar-refractivity contribution < 1.29 is 14.3 Å². The summed E-state index contributed by atoms with van der Waals surface area (Å²) in [4.78, 5) is 12.8. The summed E-state index contributed by atoms with van der Waals surface area (Å²) in [5.41, 5.74) is 0.979. The molecule has 0 fully saturated rings. The maximum Gasteiger partial charge on any atom is 0.244 e. The molecule has 20 heavy (non-hydrogen) atoms. The minimum absolute atomic E-state index is 0.115. The average molecular weight is 287 g/mol. The average Bonchev–Trinajstić information content (AvgIpc) is 3.13. The highest BCUT2D eigenvalue weighted by Gasteiger charge is 2.13. The molecule has 0 unspecified atom stereocenters. The smallest absolute Gasteiger partial charge is 0.244 e. The number of rotatable bonds is 4. The zero-order valence-corrected chi connectivity index (χ0v) is 11.5. The first-order valence-corrected chi connectivity index (χ1v) is 7.07. The second-order valence-corrected chi connectivity index (χ2v) is 5.23. The minimum Gasteiger partial charge on any atom is -0.454 e. The highest BCUT2D eigenvalue weighted by Crippen LogP contribution is 2.32. The number of benzene rings is 1. The largest absolute Gasteiger partial charge is 0.454 e. The van der Waals surface area contributed by atoms with Crippen molar-refractivity contribution in [2.24, 2.45) is 0 Å². The number of carbonyl (C=O) groups excluding carboxylic acids is 1. The molecule has 1 N–H and O–H groups in total. The zero-order chi connectivity index (χ0) is 13.8. The van der Waals surface area contributed by atoms with E-state index in [-0.39, 0.29) is 12.7 Å². The van der Waals surface area contributed by atoms with Crippen LogP contribution in [0.15, 0.2) is 41.8 Å². The van der Waals surface area contributed by atoms with Crippen LogP contribution in [-0.2, 0) is 11.3 Å². The van der Waals surface area contributed by atoms with Gasteiger partial charge in [0, 0.05) is 17.5 Å². The Bertz CT molecular complexity index is 635. The molecule has 2 heterocycles. The van der Waals surface area contributed by atoms with Gasteiger partial charge in [0.05, 0.1) is 0 Å². The van der Waals surface area contributed by atoms with Crippen molar-refractivity contribution in [3.8, 4) is 11.5 Å². The van der Waals surface area contributed by atoms with Crippen molar-refractivity contribution in [2.45, 2.75) is 6.54 Å². The molecule has 5 heteroatoms. The van der Waals surface area contributed by atoms with E-state index >= 15 is 0 Å². The predicted molar refractivity (Wildman–Crippen MR) is 77.8 cm³/mol. The van der Waals surface area contributed by atoms with Crippen LogP contribution in [0.2, 0.25) is 0 Å². The number of hydrogen-bond acceptors (Lipinski definition) is 4. The second-order valence-electron chi connectivity index (χ2n) is 4.25. The number of fused-ring (bicyclic) bond motifs is 1. The van der Waals surface area contributed by atoms with Gasteiger partial charge < -0.3 is 14.8 Å². The monoisotopic (exact) mass is 287 g/mol. The lowest BCUT2D eigenvalue weighted by molar-refractivity contribution is -0.116. The lowest BCUT2D eigenvalue weighted by atomic mass is 10.2. The van der Waals surface area contributed by atoms with Crippen LogP contribution in [0.1, 0.15) is 10.4 Å². The summed E-state index contributed by atoms with van der Waals surface area (Å²) in [6.45, 7) is 0.721. The van der Waals surface area contributed by atoms with E-state index in [1.54, 1.807) is 23.5 Å². The van der Waals surface area contributed by atoms with E-state index in [0.29, 0.717) is 6.54 Å². The molecule has 1 aromatic heterocycles. The highest BCUT2D eigenvalue weighted by atomic mass is 32.1. The van der Waals surface area contributed by atoms with E-state index in [2.05, 4.69) is 5.32 Å². The van der Waals surface area contributed by atoms with Crippen LogP contribution in [0.4, 0.5) is 0 Å². The third-order valence-corrected chi connectivity index (χ3v) is 3.68. The fourth-order valence-corrected chi connectivity index (χ4v) is 2.46. The van der Waals surface area contributed by atoms with Crippen molar-refractivity contribution in [2.75, 3.05) is 6.79 Å². The third-order valence-electron chi connectivity index (χ3n) is 2.85. The van der Waals surface area contributed by atoms with Gasteiger partial charge in [0.1, 0.15) is 0 Å². The molecule has 1 amide bonds. The van der Waals surface area contributed by atoms with Gasteiger partial charge in [0.25, 0.3) is 0 Å². The Kier molecular flexibility index (Phi) is 3.69. The third kappa shape index (κ3) is 3.00. The molecule has 4 nitrogen and oxygen atoms in total. The maximum atomic E-state index is 11.7. The first kappa shape index (κ1) is 12.7. The molecular weight excluding hydrogens is 274 g/mol. The molecule has 0 aliphatic carbocycles. The topological polar surface area (TPSA) is 47.6 Å². The molecule has 1 aliphatic heterocycles. The Labute approximate surface area is 120 Å². The van der Waals surface area contributed by atoms with Gasteiger partial charge in [-0.1, -0.05) is 12.1 Å². The quantitative estimate of drug-likeness (QED) is 0.880.